The van der Waals surface area contributed by atoms with Crippen LogP contribution >= 0.6 is 22.9 Å². The first kappa shape index (κ1) is 24.8. The molecular formula is C24H24ClNO5S2. The molecule has 174 valence electrons. The van der Waals surface area contributed by atoms with E-state index in [0.29, 0.717) is 23.1 Å². The molecule has 0 aliphatic carbocycles. The molecule has 1 N–H and O–H groups in total. The van der Waals surface area contributed by atoms with Gasteiger partial charge in [0.2, 0.25) is 10.0 Å². The van der Waals surface area contributed by atoms with E-state index in [1.54, 1.807) is 44.4 Å². The number of carbonyl (C=O) groups is 1. The summed E-state index contributed by atoms with van der Waals surface area (Å²) >= 11 is 7.64. The van der Waals surface area contributed by atoms with Crippen LogP contribution in [-0.4, -0.2) is 34.4 Å². The van der Waals surface area contributed by atoms with Crippen LogP contribution in [0.5, 0.6) is 5.75 Å². The number of ether oxygens (including phenoxy) is 2. The van der Waals surface area contributed by atoms with E-state index in [1.165, 1.54) is 17.4 Å². The lowest BCUT2D eigenvalue weighted by molar-refractivity contribution is -0.137. The van der Waals surface area contributed by atoms with Crippen molar-refractivity contribution in [3.05, 3.63) is 63.3 Å². The molecule has 0 saturated carbocycles. The average Bonchev–Trinajstić information content (AvgIpc) is 3.14. The first-order valence-electron chi connectivity index (χ1n) is 10.0. The van der Waals surface area contributed by atoms with E-state index in [2.05, 4.69) is 4.72 Å². The van der Waals surface area contributed by atoms with Gasteiger partial charge in [-0.25, -0.2) is 13.2 Å². The number of rotatable bonds is 8. The molecule has 0 spiro atoms. The second-order valence-corrected chi connectivity index (χ2v) is 10.3. The van der Waals surface area contributed by atoms with Crippen molar-refractivity contribution in [2.45, 2.75) is 13.8 Å². The Labute approximate surface area is 202 Å². The van der Waals surface area contributed by atoms with Gasteiger partial charge in [0.25, 0.3) is 0 Å². The zero-order chi connectivity index (χ0) is 24.2. The van der Waals surface area contributed by atoms with Gasteiger partial charge in [0.05, 0.1) is 20.0 Å². The summed E-state index contributed by atoms with van der Waals surface area (Å²) in [6, 6.07) is 10.8. The number of aryl methyl sites for hydroxylation is 1. The highest BCUT2D eigenvalue weighted by Crippen LogP contribution is 2.45. The first-order chi connectivity index (χ1) is 15.6. The molecule has 9 heteroatoms. The van der Waals surface area contributed by atoms with Crippen molar-refractivity contribution in [2.24, 2.45) is 0 Å². The molecule has 0 atom stereocenters. The number of sulfonamides is 1. The van der Waals surface area contributed by atoms with Crippen molar-refractivity contribution in [3.8, 4) is 28.0 Å². The van der Waals surface area contributed by atoms with Crippen LogP contribution in [0.2, 0.25) is 5.02 Å². The highest BCUT2D eigenvalue weighted by atomic mass is 35.5. The van der Waals surface area contributed by atoms with Crippen molar-refractivity contribution < 1.29 is 22.7 Å². The first-order valence-corrected chi connectivity index (χ1v) is 13.2. The van der Waals surface area contributed by atoms with Crippen LogP contribution in [0.3, 0.4) is 0 Å². The second-order valence-electron chi connectivity index (χ2n) is 7.22. The summed E-state index contributed by atoms with van der Waals surface area (Å²) in [6.45, 7) is 3.95. The zero-order valence-electron chi connectivity index (χ0n) is 18.6. The highest BCUT2D eigenvalue weighted by molar-refractivity contribution is 7.92. The summed E-state index contributed by atoms with van der Waals surface area (Å²) in [5.41, 5.74) is 4.88. The maximum Gasteiger partial charge on any atom is 0.330 e. The molecule has 0 radical (unpaired) electrons. The molecule has 0 bridgehead atoms. The van der Waals surface area contributed by atoms with Gasteiger partial charge in [-0.1, -0.05) is 17.7 Å². The number of esters is 1. The van der Waals surface area contributed by atoms with Gasteiger partial charge in [-0.2, -0.15) is 0 Å². The summed E-state index contributed by atoms with van der Waals surface area (Å²) in [5.74, 6) is 0.197. The lowest BCUT2D eigenvalue weighted by Crippen LogP contribution is -2.09. The summed E-state index contributed by atoms with van der Waals surface area (Å²) in [6.07, 6.45) is 4.24. The number of carbonyl (C=O) groups excluding carboxylic acids is 1. The van der Waals surface area contributed by atoms with Crippen molar-refractivity contribution in [1.82, 2.24) is 0 Å². The van der Waals surface area contributed by atoms with Crippen LogP contribution in [0.4, 0.5) is 5.69 Å². The van der Waals surface area contributed by atoms with Crippen molar-refractivity contribution >= 4 is 50.7 Å². The molecule has 33 heavy (non-hydrogen) atoms. The van der Waals surface area contributed by atoms with Crippen molar-refractivity contribution in [2.75, 3.05) is 24.7 Å². The molecule has 3 aromatic rings. The van der Waals surface area contributed by atoms with Gasteiger partial charge in [-0.15, -0.1) is 11.3 Å². The Bertz CT molecular complexity index is 1310. The van der Waals surface area contributed by atoms with Gasteiger partial charge in [-0.3, -0.25) is 4.72 Å². The minimum Gasteiger partial charge on any atom is -0.496 e. The van der Waals surface area contributed by atoms with Crippen LogP contribution in [0.25, 0.3) is 28.3 Å². The molecule has 1 aromatic heterocycles. The predicted molar refractivity (Wildman–Crippen MR) is 136 cm³/mol. The molecule has 0 fully saturated rings. The normalized spacial score (nSPS) is 11.5. The second kappa shape index (κ2) is 10.4. The molecule has 0 aliphatic heterocycles. The Hall–Kier alpha value is -2.81. The van der Waals surface area contributed by atoms with Crippen molar-refractivity contribution in [1.29, 1.82) is 0 Å². The van der Waals surface area contributed by atoms with Crippen LogP contribution in [0, 0.1) is 6.92 Å². The largest absolute Gasteiger partial charge is 0.496 e. The predicted octanol–water partition coefficient (Wildman–Crippen LogP) is 6.00. The smallest absolute Gasteiger partial charge is 0.330 e. The van der Waals surface area contributed by atoms with Crippen LogP contribution in [0.15, 0.2) is 47.9 Å². The maximum atomic E-state index is 11.9. The van der Waals surface area contributed by atoms with E-state index in [0.717, 1.165) is 39.0 Å². The summed E-state index contributed by atoms with van der Waals surface area (Å²) in [5, 5.41) is 2.55. The van der Waals surface area contributed by atoms with E-state index in [-0.39, 0.29) is 0 Å². The number of benzene rings is 2. The fourth-order valence-electron chi connectivity index (χ4n) is 3.41. The number of nitrogens with one attached hydrogen (secondary N) is 1. The van der Waals surface area contributed by atoms with E-state index >= 15 is 0 Å². The Morgan fingerprint density at radius 3 is 2.52 bits per heavy atom. The van der Waals surface area contributed by atoms with E-state index < -0.39 is 16.0 Å². The molecule has 0 amide bonds. The molecule has 0 unspecified atom stereocenters. The third kappa shape index (κ3) is 6.16. The molecule has 0 saturated heterocycles. The Morgan fingerprint density at radius 2 is 1.88 bits per heavy atom. The molecular weight excluding hydrogens is 482 g/mol. The fourth-order valence-corrected chi connectivity index (χ4v) is 5.11. The van der Waals surface area contributed by atoms with Crippen molar-refractivity contribution in [3.63, 3.8) is 0 Å². The lowest BCUT2D eigenvalue weighted by atomic mass is 9.93. The van der Waals surface area contributed by atoms with E-state index in [4.69, 9.17) is 21.1 Å². The van der Waals surface area contributed by atoms with Gasteiger partial charge in [0.15, 0.2) is 0 Å². The van der Waals surface area contributed by atoms with Gasteiger partial charge in [0.1, 0.15) is 5.75 Å². The number of hydrogen-bond acceptors (Lipinski definition) is 6. The summed E-state index contributed by atoms with van der Waals surface area (Å²) < 4.78 is 36.3. The molecule has 3 rings (SSSR count). The van der Waals surface area contributed by atoms with Gasteiger partial charge >= 0.3 is 5.97 Å². The van der Waals surface area contributed by atoms with Gasteiger partial charge in [-0.05, 0) is 66.8 Å². The van der Waals surface area contributed by atoms with Gasteiger partial charge < -0.3 is 9.47 Å². The summed E-state index contributed by atoms with van der Waals surface area (Å²) in [4.78, 5) is 12.8. The Morgan fingerprint density at radius 1 is 1.15 bits per heavy atom. The lowest BCUT2D eigenvalue weighted by Gasteiger charge is -2.14. The topological polar surface area (TPSA) is 81.7 Å². The highest BCUT2D eigenvalue weighted by Gasteiger charge is 2.19. The number of hydrogen-bond donors (Lipinski definition) is 1. The minimum atomic E-state index is -3.40. The van der Waals surface area contributed by atoms with Gasteiger partial charge in [0, 0.05) is 38.4 Å². The minimum absolute atomic E-state index is 0.293. The van der Waals surface area contributed by atoms with E-state index in [9.17, 15) is 13.2 Å². The number of thiophene rings is 1. The maximum absolute atomic E-state index is 11.9. The van der Waals surface area contributed by atoms with Crippen LogP contribution in [-0.2, 0) is 19.6 Å². The number of methoxy groups -OCH3 is 1. The van der Waals surface area contributed by atoms with Crippen LogP contribution in [0.1, 0.15) is 17.4 Å². The number of halogens is 1. The third-order valence-electron chi connectivity index (χ3n) is 4.73. The third-order valence-corrected chi connectivity index (χ3v) is 6.52. The summed E-state index contributed by atoms with van der Waals surface area (Å²) in [7, 11) is -1.81. The van der Waals surface area contributed by atoms with E-state index in [1.807, 2.05) is 24.4 Å². The standard InChI is InChI=1S/C24H24ClNO5S2/c1-5-31-23(27)11-10-22-24(18-9-7-17(12-15(18)2)26-33(4,28)29)20(14-32-22)19-8-6-16(25)13-21(19)30-3/h6-14,26H,5H2,1-4H3/b11-10+. The monoisotopic (exact) mass is 505 g/mol. The Kier molecular flexibility index (Phi) is 7.84. The molecule has 6 nitrogen and oxygen atoms in total. The molecule has 0 aliphatic rings. The SMILES string of the molecule is CCOC(=O)/C=C/c1scc(-c2ccc(Cl)cc2OC)c1-c1ccc(NS(C)(=O)=O)cc1C. The quantitative estimate of drug-likeness (QED) is 0.300. The number of anilines is 1. The molecule has 1 heterocycles. The Balaban J connectivity index is 2.19. The van der Waals surface area contributed by atoms with Crippen LogP contribution < -0.4 is 9.46 Å². The fraction of sp³-hybridized carbons (Fsp3) is 0.208. The average molecular weight is 506 g/mol. The zero-order valence-corrected chi connectivity index (χ0v) is 21.0. The molecule has 2 aromatic carbocycles.